The van der Waals surface area contributed by atoms with Gasteiger partial charge in [0.25, 0.3) is 0 Å². The number of imidazole rings is 4. The van der Waals surface area contributed by atoms with Gasteiger partial charge < -0.3 is 34.5 Å². The minimum atomic E-state index is -0.381. The number of carbonyl (C=O) groups is 3. The number of nitrogens with one attached hydrogen (secondary N) is 5. The third-order valence-corrected chi connectivity index (χ3v) is 23.5. The van der Waals surface area contributed by atoms with E-state index in [0.29, 0.717) is 109 Å². The van der Waals surface area contributed by atoms with Crippen molar-refractivity contribution in [2.75, 3.05) is 12.4 Å². The van der Waals surface area contributed by atoms with Crippen molar-refractivity contribution >= 4 is 148 Å². The van der Waals surface area contributed by atoms with Gasteiger partial charge in [0.1, 0.15) is 23.2 Å². The summed E-state index contributed by atoms with van der Waals surface area (Å²) in [4.78, 5) is 115. The van der Waals surface area contributed by atoms with Crippen LogP contribution in [0.4, 0.5) is 23.5 Å². The first-order valence-corrected chi connectivity index (χ1v) is 41.3. The maximum Gasteiger partial charge on any atom is 0.342 e. The molecule has 3 saturated carbocycles. The number of para-hydroxylation sites is 9. The predicted octanol–water partition coefficient (Wildman–Crippen LogP) is 21.8. The molecule has 2 bridgehead atoms. The van der Waals surface area contributed by atoms with E-state index in [1.165, 1.54) is 28.7 Å². The van der Waals surface area contributed by atoms with E-state index < -0.39 is 0 Å². The molecule has 3 fully saturated rings. The summed E-state index contributed by atoms with van der Waals surface area (Å²) < 4.78 is 17.1. The minimum absolute atomic E-state index is 0.0126. The number of ether oxygens (including phenoxy) is 3. The molecule has 123 heavy (non-hydrogen) atoms. The lowest BCUT2D eigenvalue weighted by atomic mass is 9.70. The maximum atomic E-state index is 13.2. The number of allylic oxidation sites excluding steroid dienone is 1. The fourth-order valence-electron chi connectivity index (χ4n) is 16.9. The molecule has 25 heteroatoms. The van der Waals surface area contributed by atoms with E-state index in [1.807, 2.05) is 127 Å². The Balaban J connectivity index is 0.000000118. The number of rotatable bonds is 15. The molecule has 20 rings (SSSR count). The molecule has 4 atom stereocenters. The monoisotopic (exact) mass is 1630 g/mol. The second-order valence-corrected chi connectivity index (χ2v) is 34.4. The van der Waals surface area contributed by atoms with E-state index in [0.717, 1.165) is 86.8 Å². The second kappa shape index (κ2) is 33.3. The van der Waals surface area contributed by atoms with Crippen LogP contribution in [0.25, 0.3) is 95.4 Å². The van der Waals surface area contributed by atoms with E-state index in [1.54, 1.807) is 68.6 Å². The summed E-state index contributed by atoms with van der Waals surface area (Å²) in [5.41, 5.74) is 21.4. The Bertz CT molecular complexity index is 6770. The van der Waals surface area contributed by atoms with Crippen molar-refractivity contribution in [2.45, 2.75) is 126 Å². The number of aromatic amines is 4. The number of methoxy groups -OCH3 is 1. The third kappa shape index (κ3) is 17.5. The van der Waals surface area contributed by atoms with Crippen molar-refractivity contribution in [3.63, 3.8) is 0 Å². The van der Waals surface area contributed by atoms with Crippen molar-refractivity contribution < 1.29 is 28.6 Å². The zero-order valence-electron chi connectivity index (χ0n) is 70.5. The fraction of sp³-hybridized carbons (Fsp3) is 0.255. The number of carbonyl (C=O) groups excluding carboxylic acids is 3. The average Bonchev–Trinajstić information content (AvgIpc) is 1.53. The van der Waals surface area contributed by atoms with Crippen molar-refractivity contribution in [1.29, 1.82) is 0 Å². The van der Waals surface area contributed by atoms with Crippen LogP contribution in [0.15, 0.2) is 234 Å². The lowest BCUT2D eigenvalue weighted by Gasteiger charge is -2.38. The molecule has 0 saturated heterocycles. The average molecular weight is 1630 g/mol. The Labute approximate surface area is 709 Å². The standard InChI is InChI=1S/C29H27N5O2.C27H27N5.C25H26N4O3.C17H13N5O/c1-29(2,3)20-13-9-18(10-14-20)24(17-25(35)19-11-15-21(36-4)16-12-19)32-28-33-26-27(34-28)31-23-8-6-5-7-22(23)30-26;1-16-9-11-17(12-10-16)15-18-19-13-14-27(4,26(19,2)3)22(18)30-25-31-23-24(32-25)29-21-8-6-5-7-20(21)28-23;1-15-12-16(14-25(2,3)13-15)31-23(30)17-8-4-7-11-20(17)32-24-28-21-22(29-24)27-19-10-6-5-9-18(19)26-21;1-10(23)11-6-8-12(9-7-11)18-17-21-15-16(22-17)20-14-5-3-2-4-13(14)19-15/h5-16H,17H2,1-4H3,(H,30,31,33,34);5-12,15,19H,13-14H2,1-4H3,(H,28,29,31,32);4-11,15-16H,12-14H2,1-3H3,(H,26,27,28,29);2-9H,1H3,(H2,18,19,20,21,22). The van der Waals surface area contributed by atoms with Gasteiger partial charge in [-0.2, -0.15) is 19.9 Å². The normalized spacial score (nSPS) is 17.9. The molecule has 17 aromatic rings. The van der Waals surface area contributed by atoms with Crippen LogP contribution in [0.2, 0.25) is 0 Å². The third-order valence-electron chi connectivity index (χ3n) is 23.5. The van der Waals surface area contributed by atoms with Crippen molar-refractivity contribution in [3.05, 3.63) is 263 Å². The number of hydrogen-bond donors (Lipinski definition) is 5. The Morgan fingerprint density at radius 1 is 0.537 bits per heavy atom. The molecule has 8 heterocycles. The van der Waals surface area contributed by atoms with Gasteiger partial charge in [-0.3, -0.25) is 14.6 Å². The zero-order chi connectivity index (χ0) is 85.5. The number of esters is 1. The molecule has 0 amide bonds. The lowest BCUT2D eigenvalue weighted by molar-refractivity contribution is -0.00736. The predicted molar refractivity (Wildman–Crippen MR) is 483 cm³/mol. The van der Waals surface area contributed by atoms with Crippen LogP contribution in [0.5, 0.6) is 17.5 Å². The van der Waals surface area contributed by atoms with Crippen LogP contribution >= 0.6 is 0 Å². The van der Waals surface area contributed by atoms with E-state index in [-0.39, 0.29) is 57.7 Å². The summed E-state index contributed by atoms with van der Waals surface area (Å²) in [6, 6.07) is 69.3. The number of ketones is 2. The molecule has 3 aliphatic rings. The fourth-order valence-corrected chi connectivity index (χ4v) is 16.9. The molecule has 0 radical (unpaired) electrons. The van der Waals surface area contributed by atoms with Gasteiger partial charge >= 0.3 is 12.0 Å². The second-order valence-electron chi connectivity index (χ2n) is 34.4. The molecule has 8 aromatic heterocycles. The van der Waals surface area contributed by atoms with Gasteiger partial charge in [-0.25, -0.2) is 54.7 Å². The summed E-state index contributed by atoms with van der Waals surface area (Å²) >= 11 is 0. The highest BCUT2D eigenvalue weighted by Gasteiger charge is 2.62. The number of hydrogen-bond acceptors (Lipinski definition) is 21. The number of aryl methyl sites for hydroxylation is 1. The molecule has 616 valence electrons. The van der Waals surface area contributed by atoms with E-state index >= 15 is 0 Å². The number of benzene rings is 9. The molecule has 3 aliphatic carbocycles. The Kier molecular flexibility index (Phi) is 21.9. The summed E-state index contributed by atoms with van der Waals surface area (Å²) in [5, 5.41) is 3.16. The van der Waals surface area contributed by atoms with Crippen LogP contribution < -0.4 is 14.8 Å². The molecular weight excluding hydrogens is 1540 g/mol. The molecule has 0 aliphatic heterocycles. The van der Waals surface area contributed by atoms with Gasteiger partial charge in [0.2, 0.25) is 23.5 Å². The van der Waals surface area contributed by atoms with Crippen LogP contribution in [0.1, 0.15) is 161 Å². The SMILES string of the molecule is CC(=O)c1ccc(Nc2nc3nc4ccccc4nc3[nH]2)cc1.CC1CC(OC(=O)c2ccccc2Oc2nc3nc4ccccc4nc3[nH]2)CC(C)(C)C1.COc1ccc(C(=O)CC(=Nc2nc3nc4ccccc4nc3[nH]2)c2ccc(C(C)(C)C)cc2)cc1.Cc1ccc(C=C2C(=Nc3nc4nc5ccccc5nc4[nH]3)C3(C)CCC2C3(C)C)cc1. The Morgan fingerprint density at radius 2 is 1.03 bits per heavy atom. The number of aromatic nitrogens is 16. The first-order valence-electron chi connectivity index (χ1n) is 41.3. The molecular formula is C98H93N19O6. The van der Waals surface area contributed by atoms with Gasteiger partial charge in [0.05, 0.1) is 69.1 Å². The summed E-state index contributed by atoms with van der Waals surface area (Å²) in [5.74, 6) is 3.22. The van der Waals surface area contributed by atoms with Gasteiger partial charge in [0, 0.05) is 22.2 Å². The quantitative estimate of drug-likeness (QED) is 0.0362. The topological polar surface area (TPSA) is 333 Å². The number of Topliss-reactive ketones (excluding diaryl/α,β-unsaturated/α-hetero) is 2. The summed E-state index contributed by atoms with van der Waals surface area (Å²) in [6.07, 6.45) is 7.59. The minimum Gasteiger partial charge on any atom is -0.497 e. The highest BCUT2D eigenvalue weighted by atomic mass is 16.5. The van der Waals surface area contributed by atoms with Crippen molar-refractivity contribution in [2.24, 2.45) is 38.1 Å². The number of aliphatic imine (C=N–C) groups is 2. The number of fused-ring (bicyclic) bond motifs is 10. The lowest BCUT2D eigenvalue weighted by Crippen LogP contribution is -2.34. The highest BCUT2D eigenvalue weighted by molar-refractivity contribution is 6.16. The number of H-pyrrole nitrogens is 4. The largest absolute Gasteiger partial charge is 0.497 e. The van der Waals surface area contributed by atoms with Crippen LogP contribution in [0.3, 0.4) is 0 Å². The van der Waals surface area contributed by atoms with Gasteiger partial charge in [-0.15, -0.1) is 0 Å². The van der Waals surface area contributed by atoms with Gasteiger partial charge in [0.15, 0.2) is 51.1 Å². The van der Waals surface area contributed by atoms with E-state index in [4.69, 9.17) is 34.2 Å². The van der Waals surface area contributed by atoms with Crippen LogP contribution in [-0.2, 0) is 10.2 Å². The van der Waals surface area contributed by atoms with Crippen molar-refractivity contribution in [3.8, 4) is 17.5 Å². The van der Waals surface area contributed by atoms with E-state index in [9.17, 15) is 14.4 Å². The number of nitrogens with zero attached hydrogens (tertiary/aromatic N) is 14. The van der Waals surface area contributed by atoms with E-state index in [2.05, 4.69) is 187 Å². The zero-order valence-corrected chi connectivity index (χ0v) is 70.5. The Hall–Kier alpha value is -14.5. The highest BCUT2D eigenvalue weighted by Crippen LogP contribution is 2.66. The van der Waals surface area contributed by atoms with Gasteiger partial charge in [-0.1, -0.05) is 177 Å². The smallest absolute Gasteiger partial charge is 0.342 e. The van der Waals surface area contributed by atoms with Crippen LogP contribution in [0, 0.1) is 35.0 Å². The van der Waals surface area contributed by atoms with Crippen molar-refractivity contribution in [1.82, 2.24) is 79.7 Å². The summed E-state index contributed by atoms with van der Waals surface area (Å²) in [7, 11) is 1.60. The first kappa shape index (κ1) is 80.9. The Morgan fingerprint density at radius 3 is 1.59 bits per heavy atom. The molecule has 4 unspecified atom stereocenters. The molecule has 5 N–H and O–H groups in total. The first-order chi connectivity index (χ1) is 59.2. The van der Waals surface area contributed by atoms with Gasteiger partial charge in [-0.05, 0) is 212 Å². The van der Waals surface area contributed by atoms with Crippen LogP contribution in [-0.4, -0.2) is 122 Å². The summed E-state index contributed by atoms with van der Waals surface area (Å²) in [6.45, 7) is 24.0. The molecule has 25 nitrogen and oxygen atoms in total. The molecule has 9 aromatic carbocycles. The molecule has 0 spiro atoms. The number of anilines is 2. The maximum absolute atomic E-state index is 13.2.